The first kappa shape index (κ1) is 39.9. The number of aromatic amines is 1. The molecule has 5 heterocycles. The first-order valence-electron chi connectivity index (χ1n) is 18.9. The molecule has 5 atom stereocenters. The van der Waals surface area contributed by atoms with E-state index in [9.17, 15) is 23.8 Å². The number of unbranched alkanes of at least 4 members (excludes halogenated alkanes) is 12. The summed E-state index contributed by atoms with van der Waals surface area (Å²) in [6.45, 7) is 1.85. The molecule has 3 aromatic heterocycles. The zero-order valence-corrected chi connectivity index (χ0v) is 31.1. The molecule has 0 aliphatic carbocycles. The molecule has 0 aromatic carbocycles. The zero-order chi connectivity index (χ0) is 36.8. The molecule has 0 spiro atoms. The number of imidazole rings is 1. The summed E-state index contributed by atoms with van der Waals surface area (Å²) in [5, 5.41) is 2.72. The predicted molar refractivity (Wildman–Crippen MR) is 194 cm³/mol. The third kappa shape index (κ3) is 12.1. The van der Waals surface area contributed by atoms with E-state index in [1.165, 1.54) is 87.6 Å². The molecule has 0 bridgehead atoms. The average molecular weight is 748 g/mol. The van der Waals surface area contributed by atoms with Crippen LogP contribution in [-0.4, -0.2) is 65.3 Å². The van der Waals surface area contributed by atoms with Gasteiger partial charge < -0.3 is 24.7 Å². The van der Waals surface area contributed by atoms with Crippen LogP contribution in [0.5, 0.6) is 0 Å². The molecule has 2 fully saturated rings. The van der Waals surface area contributed by atoms with Gasteiger partial charge in [0, 0.05) is 12.6 Å². The third-order valence-corrected chi connectivity index (χ3v) is 10.6. The van der Waals surface area contributed by atoms with Crippen LogP contribution >= 0.6 is 7.82 Å². The van der Waals surface area contributed by atoms with Gasteiger partial charge in [-0.05, 0) is 38.2 Å². The number of rotatable bonds is 23. The summed E-state index contributed by atoms with van der Waals surface area (Å²) in [6.07, 6.45) is 20.7. The summed E-state index contributed by atoms with van der Waals surface area (Å²) in [4.78, 5) is 62.1. The van der Waals surface area contributed by atoms with Crippen LogP contribution in [-0.2, 0) is 27.9 Å². The van der Waals surface area contributed by atoms with Crippen molar-refractivity contribution in [2.24, 2.45) is 0 Å². The van der Waals surface area contributed by atoms with Crippen molar-refractivity contribution in [3.05, 3.63) is 45.8 Å². The maximum Gasteiger partial charge on any atom is 0.472 e. The molecule has 288 valence electrons. The van der Waals surface area contributed by atoms with Crippen LogP contribution in [0.3, 0.4) is 0 Å². The Morgan fingerprint density at radius 1 is 0.885 bits per heavy atom. The number of phosphoric acid groups is 1. The van der Waals surface area contributed by atoms with Gasteiger partial charge in [-0.2, -0.15) is 4.98 Å². The fourth-order valence-electron chi connectivity index (χ4n) is 6.70. The van der Waals surface area contributed by atoms with E-state index in [2.05, 4.69) is 32.2 Å². The minimum atomic E-state index is -4.43. The molecule has 2 aliphatic rings. The molecule has 17 heteroatoms. The van der Waals surface area contributed by atoms with Crippen molar-refractivity contribution in [3.63, 3.8) is 0 Å². The second-order valence-electron chi connectivity index (χ2n) is 13.7. The van der Waals surface area contributed by atoms with E-state index >= 15 is 0 Å². The highest BCUT2D eigenvalue weighted by atomic mass is 31.2. The highest BCUT2D eigenvalue weighted by Gasteiger charge is 2.34. The lowest BCUT2D eigenvalue weighted by Gasteiger charge is -2.19. The fourth-order valence-corrected chi connectivity index (χ4v) is 7.49. The molecular formula is C35H54N7O9P. The van der Waals surface area contributed by atoms with E-state index in [1.54, 1.807) is 10.6 Å². The SMILES string of the molecule is CCCCCCCCCCCCCCCC(=O)Nc1ccn(C2CCC(COP(=O)(O)OCC3CCC(n4cnc5c(=O)[nH]cnc54)O3)O2)c(=O)n1. The summed E-state index contributed by atoms with van der Waals surface area (Å²) in [6, 6.07) is 1.56. The van der Waals surface area contributed by atoms with E-state index in [-0.39, 0.29) is 36.0 Å². The largest absolute Gasteiger partial charge is 0.472 e. The molecule has 1 amide bonds. The molecule has 0 saturated carbocycles. The van der Waals surface area contributed by atoms with E-state index < -0.39 is 38.2 Å². The Balaban J connectivity index is 0.937. The monoisotopic (exact) mass is 747 g/mol. The number of nitrogens with one attached hydrogen (secondary N) is 2. The van der Waals surface area contributed by atoms with Crippen molar-refractivity contribution in [1.29, 1.82) is 0 Å². The smallest absolute Gasteiger partial charge is 0.352 e. The first-order valence-corrected chi connectivity index (χ1v) is 20.4. The Morgan fingerprint density at radius 2 is 1.46 bits per heavy atom. The molecule has 3 N–H and O–H groups in total. The zero-order valence-electron chi connectivity index (χ0n) is 30.2. The highest BCUT2D eigenvalue weighted by molar-refractivity contribution is 7.47. The number of carbonyl (C=O) groups is 1. The lowest BCUT2D eigenvalue weighted by atomic mass is 10.0. The van der Waals surface area contributed by atoms with Gasteiger partial charge in [0.25, 0.3) is 5.56 Å². The van der Waals surface area contributed by atoms with Crippen molar-refractivity contribution in [1.82, 2.24) is 29.1 Å². The second kappa shape index (κ2) is 20.3. The summed E-state index contributed by atoms with van der Waals surface area (Å²) in [5.74, 6) is 0.0268. The van der Waals surface area contributed by atoms with E-state index in [0.717, 1.165) is 19.3 Å². The number of ether oxygens (including phenoxy) is 2. The Hall–Kier alpha value is -3.27. The number of anilines is 1. The molecule has 52 heavy (non-hydrogen) atoms. The van der Waals surface area contributed by atoms with Crippen LogP contribution in [0.25, 0.3) is 11.2 Å². The quantitative estimate of drug-likeness (QED) is 0.0725. The molecular weight excluding hydrogens is 693 g/mol. The number of hydrogen-bond acceptors (Lipinski definition) is 11. The minimum absolute atomic E-state index is 0.168. The lowest BCUT2D eigenvalue weighted by Crippen LogP contribution is -2.28. The van der Waals surface area contributed by atoms with Crippen molar-refractivity contribution in [2.45, 2.75) is 147 Å². The Kier molecular flexibility index (Phi) is 15.6. The highest BCUT2D eigenvalue weighted by Crippen LogP contribution is 2.45. The van der Waals surface area contributed by atoms with E-state index in [1.807, 2.05) is 0 Å². The maximum atomic E-state index is 12.8. The lowest BCUT2D eigenvalue weighted by molar-refractivity contribution is -0.116. The Labute approximate surface area is 303 Å². The number of H-pyrrole nitrogens is 1. The van der Waals surface area contributed by atoms with Gasteiger partial charge in [0.15, 0.2) is 11.2 Å². The van der Waals surface area contributed by atoms with Crippen LogP contribution in [0.4, 0.5) is 5.82 Å². The van der Waals surface area contributed by atoms with E-state index in [4.69, 9.17) is 18.5 Å². The Morgan fingerprint density at radius 3 is 2.06 bits per heavy atom. The van der Waals surface area contributed by atoms with Gasteiger partial charge in [-0.15, -0.1) is 0 Å². The minimum Gasteiger partial charge on any atom is -0.352 e. The van der Waals surface area contributed by atoms with Gasteiger partial charge in [-0.25, -0.2) is 19.3 Å². The molecule has 16 nitrogen and oxygen atoms in total. The van der Waals surface area contributed by atoms with Gasteiger partial charge >= 0.3 is 13.5 Å². The summed E-state index contributed by atoms with van der Waals surface area (Å²) >= 11 is 0. The van der Waals surface area contributed by atoms with Gasteiger partial charge in [0.2, 0.25) is 5.91 Å². The van der Waals surface area contributed by atoms with Crippen molar-refractivity contribution < 1.29 is 32.8 Å². The molecule has 3 aromatic rings. The average Bonchev–Trinajstić information content (AvgIpc) is 3.89. The van der Waals surface area contributed by atoms with Crippen LogP contribution in [0, 0.1) is 0 Å². The standard InChI is InChI=1S/C35H54N7O9P/c1-2-3-4-5-6-7-8-9-10-11-12-13-14-15-29(43)39-28-20-21-41(35(45)40-28)30-18-16-26(50-30)22-48-52(46,47)49-23-27-17-19-31(51-27)42-25-38-32-33(42)36-24-37-34(32)44/h20-21,24-27,30-31H,2-19,22-23H2,1H3,(H,46,47)(H,36,37,44)(H,39,40,43,45). The number of hydrogen-bond donors (Lipinski definition) is 3. The topological polar surface area (TPSA) is 202 Å². The summed E-state index contributed by atoms with van der Waals surface area (Å²) in [7, 11) is -4.43. The third-order valence-electron chi connectivity index (χ3n) is 9.61. The van der Waals surface area contributed by atoms with Crippen molar-refractivity contribution in [3.8, 4) is 0 Å². The van der Waals surface area contributed by atoms with Gasteiger partial charge in [-0.1, -0.05) is 84.0 Å². The molecule has 0 radical (unpaired) electrons. The predicted octanol–water partition coefficient (Wildman–Crippen LogP) is 6.29. The number of amides is 1. The molecule has 2 aliphatic heterocycles. The number of carbonyl (C=O) groups excluding carboxylic acids is 1. The normalized spacial score (nSPS) is 21.5. The van der Waals surface area contributed by atoms with Crippen LogP contribution in [0.2, 0.25) is 0 Å². The van der Waals surface area contributed by atoms with Crippen LogP contribution in [0.15, 0.2) is 34.5 Å². The van der Waals surface area contributed by atoms with Crippen molar-refractivity contribution in [2.75, 3.05) is 18.5 Å². The number of nitrogens with zero attached hydrogens (tertiary/aromatic N) is 5. The van der Waals surface area contributed by atoms with Crippen LogP contribution in [0.1, 0.15) is 135 Å². The first-order chi connectivity index (χ1) is 25.2. The van der Waals surface area contributed by atoms with E-state index in [0.29, 0.717) is 37.8 Å². The number of phosphoric ester groups is 1. The fraction of sp³-hybridized carbons (Fsp3) is 0.714. The maximum absolute atomic E-state index is 12.8. The van der Waals surface area contributed by atoms with Gasteiger partial charge in [-0.3, -0.25) is 27.8 Å². The number of fused-ring (bicyclic) bond motifs is 1. The van der Waals surface area contributed by atoms with Crippen LogP contribution < -0.4 is 16.6 Å². The summed E-state index contributed by atoms with van der Waals surface area (Å²) < 4.78 is 37.9. The molecule has 5 rings (SSSR count). The number of aromatic nitrogens is 6. The van der Waals surface area contributed by atoms with Crippen molar-refractivity contribution >= 4 is 30.7 Å². The second-order valence-corrected chi connectivity index (χ2v) is 15.2. The van der Waals surface area contributed by atoms with Gasteiger partial charge in [0.05, 0.1) is 38.1 Å². The molecule has 2 saturated heterocycles. The molecule has 5 unspecified atom stereocenters. The Bertz CT molecular complexity index is 1730. The summed E-state index contributed by atoms with van der Waals surface area (Å²) in [5.41, 5.74) is -0.331. The van der Waals surface area contributed by atoms with Gasteiger partial charge in [0.1, 0.15) is 18.3 Å².